The van der Waals surface area contributed by atoms with E-state index >= 15 is 0 Å². The normalized spacial score (nSPS) is 11.8. The molecular formula is C12H15F3N6. The molecule has 0 atom stereocenters. The van der Waals surface area contributed by atoms with Gasteiger partial charge in [0.25, 0.3) is 0 Å². The zero-order valence-electron chi connectivity index (χ0n) is 11.1. The Kier molecular flexibility index (Phi) is 4.29. The molecule has 2 aromatic rings. The molecule has 0 aliphatic heterocycles. The molecule has 0 saturated heterocycles. The number of benzene rings is 1. The fraction of sp³-hybridized carbons (Fsp3) is 0.417. The average Bonchev–Trinajstić information content (AvgIpc) is 2.80. The second-order valence-electron chi connectivity index (χ2n) is 4.69. The topological polar surface area (TPSA) is 95.6 Å². The van der Waals surface area contributed by atoms with Crippen LogP contribution in [0.15, 0.2) is 18.2 Å². The number of hydrogen-bond acceptors (Lipinski definition) is 5. The Bertz CT molecular complexity index is 587. The van der Waals surface area contributed by atoms with E-state index in [1.165, 1.54) is 4.68 Å². The van der Waals surface area contributed by atoms with Gasteiger partial charge in [0.2, 0.25) is 0 Å². The fourth-order valence-corrected chi connectivity index (χ4v) is 1.95. The van der Waals surface area contributed by atoms with Crippen molar-refractivity contribution in [3.8, 4) is 11.4 Å². The fourth-order valence-electron chi connectivity index (χ4n) is 1.95. The van der Waals surface area contributed by atoms with Crippen molar-refractivity contribution >= 4 is 11.4 Å². The smallest absolute Gasteiger partial charge is 0.389 e. The highest BCUT2D eigenvalue weighted by atomic mass is 19.4. The first-order valence-corrected chi connectivity index (χ1v) is 6.34. The first-order chi connectivity index (χ1) is 9.85. The number of aromatic nitrogens is 4. The van der Waals surface area contributed by atoms with Crippen molar-refractivity contribution in [1.82, 2.24) is 20.2 Å². The molecule has 0 saturated carbocycles. The van der Waals surface area contributed by atoms with Crippen molar-refractivity contribution in [3.63, 3.8) is 0 Å². The minimum absolute atomic E-state index is 0.0296. The Morgan fingerprint density at radius 1 is 1.05 bits per heavy atom. The van der Waals surface area contributed by atoms with Gasteiger partial charge in [-0.2, -0.15) is 13.2 Å². The molecule has 0 aliphatic carbocycles. The van der Waals surface area contributed by atoms with Gasteiger partial charge >= 0.3 is 6.18 Å². The Balaban J connectivity index is 2.05. The molecule has 21 heavy (non-hydrogen) atoms. The van der Waals surface area contributed by atoms with Crippen molar-refractivity contribution in [3.05, 3.63) is 18.2 Å². The Morgan fingerprint density at radius 2 is 1.71 bits per heavy atom. The van der Waals surface area contributed by atoms with Gasteiger partial charge in [0, 0.05) is 29.9 Å². The maximum absolute atomic E-state index is 12.1. The number of nitrogens with two attached hydrogens (primary N) is 2. The van der Waals surface area contributed by atoms with E-state index in [0.717, 1.165) is 0 Å². The molecule has 1 heterocycles. The van der Waals surface area contributed by atoms with Crippen molar-refractivity contribution in [1.29, 1.82) is 0 Å². The maximum Gasteiger partial charge on any atom is 0.389 e. The number of halogens is 3. The van der Waals surface area contributed by atoms with Crippen LogP contribution in [0.2, 0.25) is 0 Å². The summed E-state index contributed by atoms with van der Waals surface area (Å²) in [5, 5.41) is 11.2. The summed E-state index contributed by atoms with van der Waals surface area (Å²) in [6.07, 6.45) is -4.58. The lowest BCUT2D eigenvalue weighted by atomic mass is 10.1. The lowest BCUT2D eigenvalue weighted by Gasteiger charge is -2.08. The van der Waals surface area contributed by atoms with E-state index in [2.05, 4.69) is 15.5 Å². The highest BCUT2D eigenvalue weighted by Crippen LogP contribution is 2.24. The predicted molar refractivity (Wildman–Crippen MR) is 72.0 cm³/mol. The van der Waals surface area contributed by atoms with Gasteiger partial charge in [-0.1, -0.05) is 0 Å². The van der Waals surface area contributed by atoms with Crippen LogP contribution in [0, 0.1) is 0 Å². The molecule has 6 nitrogen and oxygen atoms in total. The molecule has 2 rings (SSSR count). The zero-order chi connectivity index (χ0) is 15.5. The molecule has 9 heteroatoms. The first kappa shape index (κ1) is 15.1. The van der Waals surface area contributed by atoms with E-state index in [1.807, 2.05) is 0 Å². The number of unbranched alkanes of at least 4 members (excludes halogenated alkanes) is 1. The lowest BCUT2D eigenvalue weighted by Crippen LogP contribution is -2.09. The summed E-state index contributed by atoms with van der Waals surface area (Å²) in [6.45, 7) is 0.299. The Hall–Kier alpha value is -2.32. The van der Waals surface area contributed by atoms with Gasteiger partial charge in [0.15, 0.2) is 5.82 Å². The monoisotopic (exact) mass is 300 g/mol. The summed E-state index contributed by atoms with van der Waals surface area (Å²) in [5.41, 5.74) is 13.0. The largest absolute Gasteiger partial charge is 0.399 e. The van der Waals surface area contributed by atoms with Crippen LogP contribution in [0.25, 0.3) is 11.4 Å². The van der Waals surface area contributed by atoms with Gasteiger partial charge in [-0.25, -0.2) is 4.68 Å². The van der Waals surface area contributed by atoms with E-state index in [1.54, 1.807) is 18.2 Å². The molecule has 0 amide bonds. The van der Waals surface area contributed by atoms with Crippen LogP contribution in [0.1, 0.15) is 19.3 Å². The highest BCUT2D eigenvalue weighted by Gasteiger charge is 2.25. The molecule has 0 bridgehead atoms. The van der Waals surface area contributed by atoms with Crippen molar-refractivity contribution in [2.45, 2.75) is 32.0 Å². The third kappa shape index (κ3) is 4.33. The van der Waals surface area contributed by atoms with E-state index in [4.69, 9.17) is 11.5 Å². The number of nitrogens with zero attached hydrogens (tertiary/aromatic N) is 4. The van der Waals surface area contributed by atoms with E-state index in [0.29, 0.717) is 35.7 Å². The first-order valence-electron chi connectivity index (χ1n) is 6.34. The van der Waals surface area contributed by atoms with E-state index in [9.17, 15) is 13.2 Å². The van der Waals surface area contributed by atoms with Gasteiger partial charge in [0.05, 0.1) is 0 Å². The molecular weight excluding hydrogens is 285 g/mol. The van der Waals surface area contributed by atoms with Crippen molar-refractivity contribution in [2.24, 2.45) is 0 Å². The van der Waals surface area contributed by atoms with Gasteiger partial charge in [-0.05, 0) is 41.5 Å². The molecule has 1 aromatic carbocycles. The highest BCUT2D eigenvalue weighted by molar-refractivity contribution is 5.67. The van der Waals surface area contributed by atoms with Gasteiger partial charge in [-0.3, -0.25) is 0 Å². The third-order valence-electron chi connectivity index (χ3n) is 2.85. The van der Waals surface area contributed by atoms with Crippen LogP contribution in [0.3, 0.4) is 0 Å². The van der Waals surface area contributed by atoms with Crippen LogP contribution in [0.4, 0.5) is 24.5 Å². The predicted octanol–water partition coefficient (Wildman–Crippen LogP) is 2.24. The SMILES string of the molecule is Nc1cc(N)cc(-c2nnnn2CCCCC(F)(F)F)c1. The minimum Gasteiger partial charge on any atom is -0.399 e. The van der Waals surface area contributed by atoms with Crippen LogP contribution in [0.5, 0.6) is 0 Å². The van der Waals surface area contributed by atoms with Gasteiger partial charge in [0.1, 0.15) is 0 Å². The number of aryl methyl sites for hydroxylation is 1. The molecule has 4 N–H and O–H groups in total. The summed E-state index contributed by atoms with van der Waals surface area (Å²) in [5.74, 6) is 0.431. The summed E-state index contributed by atoms with van der Waals surface area (Å²) in [4.78, 5) is 0. The second kappa shape index (κ2) is 5.98. The summed E-state index contributed by atoms with van der Waals surface area (Å²) < 4.78 is 37.7. The average molecular weight is 300 g/mol. The quantitative estimate of drug-likeness (QED) is 0.652. The number of rotatable bonds is 5. The number of alkyl halides is 3. The molecule has 0 spiro atoms. The second-order valence-corrected chi connectivity index (χ2v) is 4.69. The minimum atomic E-state index is -4.13. The van der Waals surface area contributed by atoms with Crippen LogP contribution >= 0.6 is 0 Å². The summed E-state index contributed by atoms with van der Waals surface area (Å²) in [6, 6.07) is 4.92. The van der Waals surface area contributed by atoms with Crippen LogP contribution < -0.4 is 11.5 Å². The lowest BCUT2D eigenvalue weighted by molar-refractivity contribution is -0.135. The Morgan fingerprint density at radius 3 is 2.33 bits per heavy atom. The molecule has 0 radical (unpaired) electrons. The molecule has 114 valence electrons. The number of tetrazole rings is 1. The standard InChI is InChI=1S/C12H15F3N6/c13-12(14,15)3-1-2-4-21-11(18-19-20-21)8-5-9(16)7-10(17)6-8/h5-7H,1-4,16-17H2. The number of nitrogen functional groups attached to an aromatic ring is 2. The molecule has 1 aromatic heterocycles. The van der Waals surface area contributed by atoms with Crippen molar-refractivity contribution in [2.75, 3.05) is 11.5 Å². The molecule has 0 unspecified atom stereocenters. The number of hydrogen-bond donors (Lipinski definition) is 2. The van der Waals surface area contributed by atoms with Gasteiger partial charge < -0.3 is 11.5 Å². The summed E-state index contributed by atoms with van der Waals surface area (Å²) in [7, 11) is 0. The molecule has 0 aliphatic rings. The summed E-state index contributed by atoms with van der Waals surface area (Å²) >= 11 is 0. The van der Waals surface area contributed by atoms with Gasteiger partial charge in [-0.15, -0.1) is 5.10 Å². The maximum atomic E-state index is 12.1. The molecule has 0 fully saturated rings. The zero-order valence-corrected chi connectivity index (χ0v) is 11.1. The van der Waals surface area contributed by atoms with Crippen LogP contribution in [-0.2, 0) is 6.54 Å². The van der Waals surface area contributed by atoms with E-state index in [-0.39, 0.29) is 6.42 Å². The van der Waals surface area contributed by atoms with Crippen molar-refractivity contribution < 1.29 is 13.2 Å². The van der Waals surface area contributed by atoms with Crippen LogP contribution in [-0.4, -0.2) is 26.4 Å². The number of anilines is 2. The third-order valence-corrected chi connectivity index (χ3v) is 2.85. The Labute approximate surface area is 118 Å². The van der Waals surface area contributed by atoms with E-state index < -0.39 is 12.6 Å².